The van der Waals surface area contributed by atoms with Crippen molar-refractivity contribution >= 4 is 13.3 Å². The number of hydrogen-bond donors (Lipinski definition) is 1. The Labute approximate surface area is 123 Å². The lowest BCUT2D eigenvalue weighted by molar-refractivity contribution is 0.166. The van der Waals surface area contributed by atoms with Gasteiger partial charge in [-0.25, -0.2) is 0 Å². The summed E-state index contributed by atoms with van der Waals surface area (Å²) in [7, 11) is -1.54. The van der Waals surface area contributed by atoms with E-state index in [1.807, 2.05) is 30.3 Å². The molecule has 0 fully saturated rings. The summed E-state index contributed by atoms with van der Waals surface area (Å²) in [6, 6.07) is 20.7. The summed E-state index contributed by atoms with van der Waals surface area (Å²) in [5.74, 6) is 0. The van der Waals surface area contributed by atoms with Crippen LogP contribution in [0.4, 0.5) is 0 Å². The van der Waals surface area contributed by atoms with Crippen molar-refractivity contribution in [2.75, 3.05) is 0 Å². The summed E-state index contributed by atoms with van der Waals surface area (Å²) >= 11 is 0. The molecular formula is C18H24OSi. The van der Waals surface area contributed by atoms with Crippen LogP contribution < -0.4 is 5.19 Å². The standard InChI is InChI=1S/C18H24OSi/c1-15(14-18(19)16-10-6-4-7-11-16)20(2,3)17-12-8-5-9-13-17/h4-13,15,18-19H,14H2,1-3H3/t15-,18+/m0/s1. The molecule has 2 atom stereocenters. The largest absolute Gasteiger partial charge is 0.388 e. The maximum Gasteiger partial charge on any atom is 0.0835 e. The highest BCUT2D eigenvalue weighted by Gasteiger charge is 2.31. The molecule has 0 amide bonds. The molecule has 106 valence electrons. The lowest BCUT2D eigenvalue weighted by Gasteiger charge is -2.32. The highest BCUT2D eigenvalue weighted by molar-refractivity contribution is 6.90. The van der Waals surface area contributed by atoms with Gasteiger partial charge in [0.15, 0.2) is 0 Å². The van der Waals surface area contributed by atoms with Crippen molar-refractivity contribution < 1.29 is 5.11 Å². The number of rotatable bonds is 5. The van der Waals surface area contributed by atoms with E-state index in [0.29, 0.717) is 5.54 Å². The van der Waals surface area contributed by atoms with E-state index in [9.17, 15) is 5.11 Å². The van der Waals surface area contributed by atoms with Crippen LogP contribution in [-0.4, -0.2) is 13.2 Å². The summed E-state index contributed by atoms with van der Waals surface area (Å²) < 4.78 is 0. The average molecular weight is 284 g/mol. The minimum atomic E-state index is -1.54. The Morgan fingerprint density at radius 1 is 0.900 bits per heavy atom. The van der Waals surface area contributed by atoms with Crippen molar-refractivity contribution in [3.63, 3.8) is 0 Å². The van der Waals surface area contributed by atoms with Crippen molar-refractivity contribution in [2.24, 2.45) is 0 Å². The zero-order chi connectivity index (χ0) is 14.6. The van der Waals surface area contributed by atoms with E-state index < -0.39 is 8.07 Å². The van der Waals surface area contributed by atoms with Gasteiger partial charge >= 0.3 is 0 Å². The molecule has 0 bridgehead atoms. The van der Waals surface area contributed by atoms with Gasteiger partial charge in [0.1, 0.15) is 0 Å². The molecule has 0 aliphatic heterocycles. The smallest absolute Gasteiger partial charge is 0.0835 e. The molecule has 1 nitrogen and oxygen atoms in total. The first-order chi connectivity index (χ1) is 9.51. The van der Waals surface area contributed by atoms with E-state index in [4.69, 9.17) is 0 Å². The van der Waals surface area contributed by atoms with Crippen LogP contribution >= 0.6 is 0 Å². The molecule has 0 spiro atoms. The molecule has 2 aromatic rings. The van der Waals surface area contributed by atoms with Gasteiger partial charge in [-0.2, -0.15) is 0 Å². The van der Waals surface area contributed by atoms with Crippen molar-refractivity contribution in [1.29, 1.82) is 0 Å². The lowest BCUT2D eigenvalue weighted by Crippen LogP contribution is -2.45. The van der Waals surface area contributed by atoms with Gasteiger partial charge < -0.3 is 5.11 Å². The minimum Gasteiger partial charge on any atom is -0.388 e. The Morgan fingerprint density at radius 3 is 1.95 bits per heavy atom. The fraction of sp³-hybridized carbons (Fsp3) is 0.333. The first-order valence-electron chi connectivity index (χ1n) is 7.30. The van der Waals surface area contributed by atoms with Crippen LogP contribution in [0.3, 0.4) is 0 Å². The summed E-state index contributed by atoms with van der Waals surface area (Å²) in [6.45, 7) is 7.07. The second kappa shape index (κ2) is 6.38. The van der Waals surface area contributed by atoms with E-state index in [-0.39, 0.29) is 6.10 Å². The third kappa shape index (κ3) is 3.38. The Balaban J connectivity index is 2.10. The summed E-state index contributed by atoms with van der Waals surface area (Å²) in [5.41, 5.74) is 1.55. The van der Waals surface area contributed by atoms with Crippen LogP contribution in [0.5, 0.6) is 0 Å². The normalized spacial score (nSPS) is 14.8. The Kier molecular flexibility index (Phi) is 4.79. The predicted octanol–water partition coefficient (Wildman–Crippen LogP) is 4.12. The van der Waals surface area contributed by atoms with E-state index in [2.05, 4.69) is 50.3 Å². The molecule has 0 aliphatic rings. The molecule has 2 rings (SSSR count). The summed E-state index contributed by atoms with van der Waals surface area (Å²) in [6.07, 6.45) is 0.472. The third-order valence-corrected chi connectivity index (χ3v) is 9.03. The molecule has 0 saturated heterocycles. The lowest BCUT2D eigenvalue weighted by atomic mass is 10.1. The van der Waals surface area contributed by atoms with Gasteiger partial charge in [0, 0.05) is 0 Å². The number of hydrogen-bond acceptors (Lipinski definition) is 1. The maximum absolute atomic E-state index is 10.4. The van der Waals surface area contributed by atoms with Gasteiger partial charge in [0.25, 0.3) is 0 Å². The van der Waals surface area contributed by atoms with Gasteiger partial charge in [-0.1, -0.05) is 85.9 Å². The molecule has 20 heavy (non-hydrogen) atoms. The zero-order valence-electron chi connectivity index (χ0n) is 12.6. The molecular weight excluding hydrogens is 260 g/mol. The zero-order valence-corrected chi connectivity index (χ0v) is 13.6. The van der Waals surface area contributed by atoms with Crippen LogP contribution in [-0.2, 0) is 0 Å². The molecule has 0 aromatic heterocycles. The van der Waals surface area contributed by atoms with Crippen molar-refractivity contribution in [3.8, 4) is 0 Å². The van der Waals surface area contributed by atoms with Crippen LogP contribution in [0.2, 0.25) is 18.6 Å². The Morgan fingerprint density at radius 2 is 1.40 bits per heavy atom. The Bertz CT molecular complexity index is 522. The Hall–Kier alpha value is -1.38. The van der Waals surface area contributed by atoms with Crippen molar-refractivity contribution in [3.05, 3.63) is 66.2 Å². The molecule has 0 radical (unpaired) electrons. The molecule has 2 heteroatoms. The second-order valence-corrected chi connectivity index (χ2v) is 11.2. The maximum atomic E-state index is 10.4. The quantitative estimate of drug-likeness (QED) is 0.819. The number of aliphatic hydroxyl groups excluding tert-OH is 1. The van der Waals surface area contributed by atoms with Gasteiger partial charge in [0.2, 0.25) is 0 Å². The molecule has 1 N–H and O–H groups in total. The average Bonchev–Trinajstić information content (AvgIpc) is 2.49. The molecule has 0 aliphatic carbocycles. The van der Waals surface area contributed by atoms with Gasteiger partial charge in [-0.05, 0) is 17.5 Å². The highest BCUT2D eigenvalue weighted by atomic mass is 28.3. The minimum absolute atomic E-state index is 0.360. The van der Waals surface area contributed by atoms with Crippen LogP contribution in [0.1, 0.15) is 25.0 Å². The summed E-state index contributed by atoms with van der Waals surface area (Å²) in [5, 5.41) is 11.9. The third-order valence-electron chi connectivity index (χ3n) is 4.51. The number of benzene rings is 2. The van der Waals surface area contributed by atoms with Gasteiger partial charge in [-0.15, -0.1) is 0 Å². The first kappa shape index (κ1) is 15.0. The van der Waals surface area contributed by atoms with E-state index in [1.54, 1.807) is 0 Å². The molecule has 0 saturated carbocycles. The summed E-state index contributed by atoms with van der Waals surface area (Å²) in [4.78, 5) is 0. The highest BCUT2D eigenvalue weighted by Crippen LogP contribution is 2.31. The van der Waals surface area contributed by atoms with E-state index in [1.165, 1.54) is 5.19 Å². The van der Waals surface area contributed by atoms with Gasteiger partial charge in [0.05, 0.1) is 14.2 Å². The van der Waals surface area contributed by atoms with Crippen molar-refractivity contribution in [2.45, 2.75) is 38.1 Å². The predicted molar refractivity (Wildman–Crippen MR) is 89.0 cm³/mol. The van der Waals surface area contributed by atoms with E-state index in [0.717, 1.165) is 12.0 Å². The monoisotopic (exact) mass is 284 g/mol. The van der Waals surface area contributed by atoms with Crippen LogP contribution in [0.15, 0.2) is 60.7 Å². The second-order valence-electron chi connectivity index (χ2n) is 6.15. The molecule has 0 heterocycles. The van der Waals surface area contributed by atoms with Crippen molar-refractivity contribution in [1.82, 2.24) is 0 Å². The van der Waals surface area contributed by atoms with Crippen LogP contribution in [0.25, 0.3) is 0 Å². The van der Waals surface area contributed by atoms with Gasteiger partial charge in [-0.3, -0.25) is 0 Å². The fourth-order valence-electron chi connectivity index (χ4n) is 2.59. The SMILES string of the molecule is C[C@@H](C[C@@H](O)c1ccccc1)[Si](C)(C)c1ccccc1. The molecule has 2 aromatic carbocycles. The fourth-order valence-corrected chi connectivity index (χ4v) is 5.03. The number of aliphatic hydroxyl groups is 1. The van der Waals surface area contributed by atoms with E-state index >= 15 is 0 Å². The molecule has 0 unspecified atom stereocenters. The topological polar surface area (TPSA) is 20.2 Å². The first-order valence-corrected chi connectivity index (χ1v) is 10.4. The van der Waals surface area contributed by atoms with Crippen LogP contribution in [0, 0.1) is 0 Å².